The zero-order valence-corrected chi connectivity index (χ0v) is 12.6. The number of nitrogens with zero attached hydrogens (tertiary/aromatic N) is 2. The maximum absolute atomic E-state index is 14.0. The summed E-state index contributed by atoms with van der Waals surface area (Å²) in [5.74, 6) is -6.93. The average molecular weight is 367 g/mol. The molecule has 0 aliphatic heterocycles. The molecule has 0 unspecified atom stereocenters. The third-order valence-corrected chi connectivity index (χ3v) is 2.93. The lowest BCUT2D eigenvalue weighted by Gasteiger charge is -2.08. The Labute approximate surface area is 137 Å². The molecule has 0 fully saturated rings. The van der Waals surface area contributed by atoms with E-state index in [4.69, 9.17) is 0 Å². The van der Waals surface area contributed by atoms with Crippen LogP contribution in [0.15, 0.2) is 22.7 Å². The molecule has 0 atom stereocenters. The lowest BCUT2D eigenvalue weighted by Crippen LogP contribution is -2.28. The van der Waals surface area contributed by atoms with Crippen molar-refractivity contribution in [3.05, 3.63) is 35.5 Å². The Balaban J connectivity index is 2.08. The summed E-state index contributed by atoms with van der Waals surface area (Å²) in [6.45, 7) is 0.198. The molecule has 5 nitrogen and oxygen atoms in total. The molecule has 0 saturated heterocycles. The minimum absolute atomic E-state index is 0.168. The smallest absolute Gasteiger partial charge is 0.352 e. The van der Waals surface area contributed by atoms with E-state index in [2.05, 4.69) is 14.7 Å². The van der Waals surface area contributed by atoms with E-state index in [0.29, 0.717) is 6.92 Å². The number of rotatable bonds is 5. The molecule has 0 saturated carbocycles. The lowest BCUT2D eigenvalue weighted by atomic mass is 10.1. The maximum atomic E-state index is 14.0. The Kier molecular flexibility index (Phi) is 5.04. The minimum atomic E-state index is -4.64. The fourth-order valence-electron chi connectivity index (χ4n) is 1.81. The van der Waals surface area contributed by atoms with Gasteiger partial charge in [0.25, 0.3) is 5.89 Å². The van der Waals surface area contributed by atoms with Crippen LogP contribution in [0.1, 0.15) is 24.8 Å². The van der Waals surface area contributed by atoms with Gasteiger partial charge in [0.05, 0.1) is 5.56 Å². The fraction of sp³-hybridized carbons (Fsp3) is 0.357. The molecule has 136 valence electrons. The van der Waals surface area contributed by atoms with Crippen molar-refractivity contribution < 1.29 is 35.7 Å². The first-order valence-electron chi connectivity index (χ1n) is 6.80. The number of benzene rings is 1. The van der Waals surface area contributed by atoms with Crippen molar-refractivity contribution in [3.8, 4) is 11.4 Å². The Hall–Kier alpha value is -2.59. The average Bonchev–Trinajstić information content (AvgIpc) is 2.93. The molecule has 0 aliphatic carbocycles. The summed E-state index contributed by atoms with van der Waals surface area (Å²) in [6.07, 6.45) is -6.29. The van der Waals surface area contributed by atoms with Gasteiger partial charge < -0.3 is 9.84 Å². The van der Waals surface area contributed by atoms with Gasteiger partial charge in [0.2, 0.25) is 11.7 Å². The van der Waals surface area contributed by atoms with Crippen LogP contribution < -0.4 is 5.32 Å². The number of halogens is 6. The van der Waals surface area contributed by atoms with Gasteiger partial charge in [0.1, 0.15) is 12.2 Å². The van der Waals surface area contributed by atoms with Crippen molar-refractivity contribution in [1.82, 2.24) is 15.5 Å². The second-order valence-corrected chi connectivity index (χ2v) is 5.19. The summed E-state index contributed by atoms with van der Waals surface area (Å²) in [6, 6.07) is 3.35. The molecule has 2 aromatic rings. The Morgan fingerprint density at radius 2 is 1.92 bits per heavy atom. The summed E-state index contributed by atoms with van der Waals surface area (Å²) >= 11 is 0. The number of alkyl halides is 5. The van der Waals surface area contributed by atoms with E-state index in [0.717, 1.165) is 12.1 Å². The van der Waals surface area contributed by atoms with Gasteiger partial charge in [-0.15, -0.1) is 0 Å². The largest absolute Gasteiger partial charge is 0.397 e. The number of amides is 1. The molecule has 11 heteroatoms. The molecule has 25 heavy (non-hydrogen) atoms. The Morgan fingerprint density at radius 3 is 2.44 bits per heavy atom. The normalized spacial score (nSPS) is 12.3. The molecule has 1 heterocycles. The summed E-state index contributed by atoms with van der Waals surface area (Å²) in [5.41, 5.74) is -0.0640. The van der Waals surface area contributed by atoms with Crippen LogP contribution >= 0.6 is 0 Å². The molecule has 1 amide bonds. The van der Waals surface area contributed by atoms with Crippen LogP contribution in [-0.2, 0) is 17.3 Å². The molecule has 1 aromatic heterocycles. The minimum Gasteiger partial charge on any atom is -0.352 e. The molecule has 0 radical (unpaired) electrons. The first kappa shape index (κ1) is 18.7. The van der Waals surface area contributed by atoms with Crippen LogP contribution in [0.4, 0.5) is 26.3 Å². The number of carbonyl (C=O) groups is 1. The van der Waals surface area contributed by atoms with E-state index in [-0.39, 0.29) is 17.7 Å². The second kappa shape index (κ2) is 6.73. The van der Waals surface area contributed by atoms with E-state index in [9.17, 15) is 31.1 Å². The predicted molar refractivity (Wildman–Crippen MR) is 71.8 cm³/mol. The molecule has 0 bridgehead atoms. The fourth-order valence-corrected chi connectivity index (χ4v) is 1.81. The first-order chi connectivity index (χ1) is 11.5. The number of nitrogens with one attached hydrogen (secondary N) is 1. The van der Waals surface area contributed by atoms with E-state index in [1.54, 1.807) is 0 Å². The van der Waals surface area contributed by atoms with Crippen molar-refractivity contribution in [2.75, 3.05) is 0 Å². The van der Waals surface area contributed by atoms with Crippen LogP contribution in [0, 0.1) is 5.82 Å². The third-order valence-electron chi connectivity index (χ3n) is 2.93. The molecule has 2 rings (SSSR count). The van der Waals surface area contributed by atoms with Gasteiger partial charge >= 0.3 is 12.1 Å². The van der Waals surface area contributed by atoms with Crippen LogP contribution in [0.3, 0.4) is 0 Å². The van der Waals surface area contributed by atoms with Crippen molar-refractivity contribution in [3.63, 3.8) is 0 Å². The highest BCUT2D eigenvalue weighted by atomic mass is 19.4. The molecular formula is C14H11F6N3O2. The number of hydrogen-bond donors (Lipinski definition) is 1. The van der Waals surface area contributed by atoms with Crippen molar-refractivity contribution in [1.29, 1.82) is 0 Å². The Bertz CT molecular complexity index is 767. The third kappa shape index (κ3) is 5.19. The molecular weight excluding hydrogens is 356 g/mol. The second-order valence-electron chi connectivity index (χ2n) is 5.19. The number of hydrogen-bond acceptors (Lipinski definition) is 4. The van der Waals surface area contributed by atoms with Crippen LogP contribution in [0.2, 0.25) is 0 Å². The molecule has 0 spiro atoms. The van der Waals surface area contributed by atoms with Crippen molar-refractivity contribution in [2.45, 2.75) is 32.0 Å². The topological polar surface area (TPSA) is 68.0 Å². The number of carbonyl (C=O) groups excluding carboxylic acids is 1. The van der Waals surface area contributed by atoms with Crippen LogP contribution in [0.25, 0.3) is 11.4 Å². The standard InChI is InChI=1S/C14H11F6N3O2/c1-13(16,17)12-22-11(23-25-12)8-3-2-7(4-9(8)15)6-21-10(24)5-14(18,19)20/h2-4H,5-6H2,1H3,(H,21,24). The number of aromatic nitrogens is 2. The Morgan fingerprint density at radius 1 is 1.24 bits per heavy atom. The summed E-state index contributed by atoms with van der Waals surface area (Å²) in [4.78, 5) is 14.5. The molecule has 1 N–H and O–H groups in total. The van der Waals surface area contributed by atoms with E-state index in [1.165, 1.54) is 6.07 Å². The molecule has 0 aliphatic rings. The predicted octanol–water partition coefficient (Wildman–Crippen LogP) is 3.56. The van der Waals surface area contributed by atoms with Gasteiger partial charge in [-0.05, 0) is 17.7 Å². The van der Waals surface area contributed by atoms with E-state index >= 15 is 0 Å². The van der Waals surface area contributed by atoms with Gasteiger partial charge in [-0.25, -0.2) is 4.39 Å². The van der Waals surface area contributed by atoms with Crippen molar-refractivity contribution in [2.24, 2.45) is 0 Å². The molecule has 1 aromatic carbocycles. The summed E-state index contributed by atoms with van der Waals surface area (Å²) < 4.78 is 80.5. The quantitative estimate of drug-likeness (QED) is 0.821. The van der Waals surface area contributed by atoms with E-state index < -0.39 is 42.0 Å². The van der Waals surface area contributed by atoms with Crippen molar-refractivity contribution >= 4 is 5.91 Å². The zero-order valence-electron chi connectivity index (χ0n) is 12.6. The van der Waals surface area contributed by atoms with Gasteiger partial charge in [-0.2, -0.15) is 26.9 Å². The van der Waals surface area contributed by atoms with Gasteiger partial charge in [-0.1, -0.05) is 11.2 Å². The maximum Gasteiger partial charge on any atom is 0.397 e. The van der Waals surface area contributed by atoms with E-state index in [1.807, 2.05) is 5.32 Å². The monoisotopic (exact) mass is 367 g/mol. The van der Waals surface area contributed by atoms with Gasteiger partial charge in [0.15, 0.2) is 0 Å². The van der Waals surface area contributed by atoms with Gasteiger partial charge in [0, 0.05) is 13.5 Å². The highest BCUT2D eigenvalue weighted by Crippen LogP contribution is 2.28. The SMILES string of the molecule is CC(F)(F)c1nc(-c2ccc(CNC(=O)CC(F)(F)F)cc2F)no1. The highest BCUT2D eigenvalue weighted by Gasteiger charge is 2.33. The highest BCUT2D eigenvalue weighted by molar-refractivity contribution is 5.76. The summed E-state index contributed by atoms with van der Waals surface area (Å²) in [7, 11) is 0. The van der Waals surface area contributed by atoms with Crippen LogP contribution in [0.5, 0.6) is 0 Å². The summed E-state index contributed by atoms with van der Waals surface area (Å²) in [5, 5.41) is 5.25. The van der Waals surface area contributed by atoms with Gasteiger partial charge in [-0.3, -0.25) is 4.79 Å². The first-order valence-corrected chi connectivity index (χ1v) is 6.80. The lowest BCUT2D eigenvalue weighted by molar-refractivity contribution is -0.153. The zero-order chi connectivity index (χ0) is 18.8. The van der Waals surface area contributed by atoms with Crippen LogP contribution in [-0.4, -0.2) is 22.2 Å².